The van der Waals surface area contributed by atoms with Gasteiger partial charge in [-0.1, -0.05) is 0 Å². The molecule has 2 aromatic heterocycles. The van der Waals surface area contributed by atoms with E-state index in [4.69, 9.17) is 4.74 Å². The van der Waals surface area contributed by atoms with E-state index in [1.54, 1.807) is 13.1 Å². The molecule has 3 rings (SSSR count). The van der Waals surface area contributed by atoms with Gasteiger partial charge in [-0.25, -0.2) is 8.42 Å². The fraction of sp³-hybridized carbons (Fsp3) is 0.462. The molecule has 1 aliphatic rings. The Bertz CT molecular complexity index is 751. The molecule has 1 aliphatic heterocycles. The molecule has 1 atom stereocenters. The second kappa shape index (κ2) is 4.37. The number of sulfonamides is 1. The first-order valence-corrected chi connectivity index (χ1v) is 8.16. The number of rotatable bonds is 1. The number of nitrogens with one attached hydrogen (secondary N) is 1. The second-order valence-corrected chi connectivity index (χ2v) is 7.22. The third kappa shape index (κ3) is 2.02. The first-order chi connectivity index (χ1) is 9.38. The van der Waals surface area contributed by atoms with Crippen LogP contribution >= 0.6 is 0 Å². The summed E-state index contributed by atoms with van der Waals surface area (Å²) in [6, 6.07) is 3.48. The minimum Gasteiger partial charge on any atom is -0.472 e. The van der Waals surface area contributed by atoms with Gasteiger partial charge in [0.1, 0.15) is 23.2 Å². The SMILES string of the molecule is CC1CS(=O)(=O)N(C(C)C)c2cc3cc[nH]c3nc2O1. The third-order valence-electron chi connectivity index (χ3n) is 3.25. The van der Waals surface area contributed by atoms with Gasteiger partial charge in [0.2, 0.25) is 15.9 Å². The van der Waals surface area contributed by atoms with Crippen LogP contribution in [0.4, 0.5) is 5.69 Å². The minimum atomic E-state index is -3.42. The van der Waals surface area contributed by atoms with Crippen LogP contribution in [0, 0.1) is 0 Å². The third-order valence-corrected chi connectivity index (χ3v) is 5.35. The fourth-order valence-electron chi connectivity index (χ4n) is 2.55. The predicted molar refractivity (Wildman–Crippen MR) is 77.6 cm³/mol. The van der Waals surface area contributed by atoms with Gasteiger partial charge in [0.25, 0.3) is 0 Å². The molecule has 0 radical (unpaired) electrons. The quantitative estimate of drug-likeness (QED) is 0.871. The molecule has 3 heterocycles. The molecule has 0 aliphatic carbocycles. The topological polar surface area (TPSA) is 75.3 Å². The first kappa shape index (κ1) is 13.2. The van der Waals surface area contributed by atoms with Crippen molar-refractivity contribution in [2.45, 2.75) is 32.9 Å². The summed E-state index contributed by atoms with van der Waals surface area (Å²) in [5, 5.41) is 0.864. The Hall–Kier alpha value is -1.76. The predicted octanol–water partition coefficient (Wildman–Crippen LogP) is 1.89. The molecule has 0 amide bonds. The Morgan fingerprint density at radius 3 is 2.95 bits per heavy atom. The molecule has 20 heavy (non-hydrogen) atoms. The Balaban J connectivity index is 2.29. The first-order valence-electron chi connectivity index (χ1n) is 6.55. The highest BCUT2D eigenvalue weighted by Gasteiger charge is 2.34. The number of ether oxygens (including phenoxy) is 1. The average molecular weight is 295 g/mol. The number of aromatic amines is 1. The van der Waals surface area contributed by atoms with E-state index in [0.29, 0.717) is 17.2 Å². The Morgan fingerprint density at radius 2 is 2.25 bits per heavy atom. The molecule has 0 spiro atoms. The molecule has 1 N–H and O–H groups in total. The van der Waals surface area contributed by atoms with Gasteiger partial charge in [-0.05, 0) is 32.9 Å². The molecule has 0 fully saturated rings. The molecule has 0 aromatic carbocycles. The standard InChI is InChI=1S/C13H17N3O3S/c1-8(2)16-11-6-10-4-5-14-12(10)15-13(11)19-9(3)7-20(16,17)18/h4-6,8-9H,7H2,1-3H3,(H,14,15). The largest absolute Gasteiger partial charge is 0.472 e. The summed E-state index contributed by atoms with van der Waals surface area (Å²) in [5.41, 5.74) is 1.20. The number of pyridine rings is 1. The normalized spacial score (nSPS) is 21.6. The summed E-state index contributed by atoms with van der Waals surface area (Å²) in [6.07, 6.45) is 1.34. The van der Waals surface area contributed by atoms with Crippen LogP contribution in [0.3, 0.4) is 0 Å². The maximum atomic E-state index is 12.5. The summed E-state index contributed by atoms with van der Waals surface area (Å²) in [5.74, 6) is 0.317. The maximum Gasteiger partial charge on any atom is 0.240 e. The van der Waals surface area contributed by atoms with E-state index in [1.807, 2.05) is 26.0 Å². The van der Waals surface area contributed by atoms with Gasteiger partial charge in [-0.15, -0.1) is 0 Å². The van der Waals surface area contributed by atoms with Crippen molar-refractivity contribution < 1.29 is 13.2 Å². The van der Waals surface area contributed by atoms with Crippen LogP contribution in [-0.2, 0) is 10.0 Å². The van der Waals surface area contributed by atoms with Gasteiger partial charge in [-0.2, -0.15) is 4.98 Å². The lowest BCUT2D eigenvalue weighted by atomic mass is 10.2. The highest BCUT2D eigenvalue weighted by molar-refractivity contribution is 7.92. The van der Waals surface area contributed by atoms with E-state index in [2.05, 4.69) is 9.97 Å². The summed E-state index contributed by atoms with van der Waals surface area (Å²) in [6.45, 7) is 5.43. The molecule has 7 heteroatoms. The van der Waals surface area contributed by atoms with E-state index in [-0.39, 0.29) is 11.8 Å². The van der Waals surface area contributed by atoms with Crippen molar-refractivity contribution in [3.63, 3.8) is 0 Å². The van der Waals surface area contributed by atoms with E-state index in [9.17, 15) is 8.42 Å². The Kier molecular flexibility index (Phi) is 2.89. The molecule has 0 bridgehead atoms. The zero-order chi connectivity index (χ0) is 14.5. The van der Waals surface area contributed by atoms with Gasteiger partial charge in [0, 0.05) is 17.6 Å². The van der Waals surface area contributed by atoms with E-state index in [0.717, 1.165) is 5.39 Å². The number of aromatic nitrogens is 2. The van der Waals surface area contributed by atoms with Crippen LogP contribution in [0.2, 0.25) is 0 Å². The van der Waals surface area contributed by atoms with Crippen molar-refractivity contribution in [3.05, 3.63) is 18.3 Å². The van der Waals surface area contributed by atoms with Gasteiger partial charge in [0.05, 0.1) is 0 Å². The molecule has 0 saturated heterocycles. The van der Waals surface area contributed by atoms with Crippen molar-refractivity contribution in [1.82, 2.24) is 9.97 Å². The highest BCUT2D eigenvalue weighted by atomic mass is 32.2. The van der Waals surface area contributed by atoms with Crippen molar-refractivity contribution in [3.8, 4) is 5.88 Å². The number of anilines is 1. The van der Waals surface area contributed by atoms with E-state index >= 15 is 0 Å². The van der Waals surface area contributed by atoms with E-state index in [1.165, 1.54) is 4.31 Å². The Labute approximate surface area is 117 Å². The van der Waals surface area contributed by atoms with Crippen LogP contribution in [0.25, 0.3) is 11.0 Å². The fourth-order valence-corrected chi connectivity index (χ4v) is 4.44. The molecule has 1 unspecified atom stereocenters. The van der Waals surface area contributed by atoms with Crippen LogP contribution in [-0.4, -0.2) is 36.3 Å². The number of hydrogen-bond acceptors (Lipinski definition) is 4. The van der Waals surface area contributed by atoms with Crippen LogP contribution in [0.15, 0.2) is 18.3 Å². The lowest BCUT2D eigenvalue weighted by Crippen LogP contribution is -2.39. The number of hydrogen-bond donors (Lipinski definition) is 1. The number of fused-ring (bicyclic) bond motifs is 2. The molecular weight excluding hydrogens is 278 g/mol. The summed E-state index contributed by atoms with van der Waals surface area (Å²) in [4.78, 5) is 7.41. The zero-order valence-corrected chi connectivity index (χ0v) is 12.4. The van der Waals surface area contributed by atoms with Crippen molar-refractivity contribution in [1.29, 1.82) is 0 Å². The van der Waals surface area contributed by atoms with Crippen molar-refractivity contribution in [2.24, 2.45) is 0 Å². The lowest BCUT2D eigenvalue weighted by molar-refractivity contribution is 0.239. The van der Waals surface area contributed by atoms with Crippen LogP contribution < -0.4 is 9.04 Å². The molecule has 108 valence electrons. The van der Waals surface area contributed by atoms with Gasteiger partial charge in [0.15, 0.2) is 0 Å². The molecule has 0 saturated carbocycles. The highest BCUT2D eigenvalue weighted by Crippen LogP contribution is 2.36. The molecule has 2 aromatic rings. The summed E-state index contributed by atoms with van der Waals surface area (Å²) < 4.78 is 32.1. The van der Waals surface area contributed by atoms with Crippen LogP contribution in [0.5, 0.6) is 5.88 Å². The maximum absolute atomic E-state index is 12.5. The minimum absolute atomic E-state index is 0.0462. The van der Waals surface area contributed by atoms with E-state index < -0.39 is 16.1 Å². The molecular formula is C13H17N3O3S. The monoisotopic (exact) mass is 295 g/mol. The number of H-pyrrole nitrogens is 1. The average Bonchev–Trinajstić information content (AvgIpc) is 2.70. The lowest BCUT2D eigenvalue weighted by Gasteiger charge is -2.26. The molecule has 6 nitrogen and oxygen atoms in total. The zero-order valence-electron chi connectivity index (χ0n) is 11.6. The summed E-state index contributed by atoms with van der Waals surface area (Å²) in [7, 11) is -3.42. The van der Waals surface area contributed by atoms with Gasteiger partial charge in [-0.3, -0.25) is 4.31 Å². The second-order valence-electron chi connectivity index (χ2n) is 5.32. The van der Waals surface area contributed by atoms with Gasteiger partial charge >= 0.3 is 0 Å². The van der Waals surface area contributed by atoms with Gasteiger partial charge < -0.3 is 9.72 Å². The number of nitrogens with zero attached hydrogens (tertiary/aromatic N) is 2. The van der Waals surface area contributed by atoms with Crippen molar-refractivity contribution >= 4 is 26.7 Å². The summed E-state index contributed by atoms with van der Waals surface area (Å²) >= 11 is 0. The Morgan fingerprint density at radius 1 is 1.50 bits per heavy atom. The van der Waals surface area contributed by atoms with Crippen LogP contribution in [0.1, 0.15) is 20.8 Å². The smallest absolute Gasteiger partial charge is 0.240 e. The van der Waals surface area contributed by atoms with Crippen molar-refractivity contribution in [2.75, 3.05) is 10.1 Å².